The molecule has 0 aromatic heterocycles. The Morgan fingerprint density at radius 3 is 2.11 bits per heavy atom. The van der Waals surface area contributed by atoms with Crippen LogP contribution in [0.25, 0.3) is 0 Å². The second kappa shape index (κ2) is 6.88. The molecule has 1 saturated carbocycles. The number of hydrogen-bond acceptors (Lipinski definition) is 3. The second-order valence-corrected chi connectivity index (χ2v) is 6.16. The SMILES string of the molecule is CCC(CC)C(CN)N1CCN(CC2CC2)CC1. The van der Waals surface area contributed by atoms with Gasteiger partial charge in [-0.2, -0.15) is 0 Å². The molecule has 1 saturated heterocycles. The first-order chi connectivity index (χ1) is 8.78. The fourth-order valence-corrected chi connectivity index (χ4v) is 3.42. The van der Waals surface area contributed by atoms with Crippen LogP contribution in [0.5, 0.6) is 0 Å². The summed E-state index contributed by atoms with van der Waals surface area (Å²) in [5, 5.41) is 0. The van der Waals surface area contributed by atoms with Gasteiger partial charge in [0.05, 0.1) is 0 Å². The van der Waals surface area contributed by atoms with Gasteiger partial charge in [0.25, 0.3) is 0 Å². The summed E-state index contributed by atoms with van der Waals surface area (Å²) >= 11 is 0. The van der Waals surface area contributed by atoms with Crippen molar-refractivity contribution >= 4 is 0 Å². The first kappa shape index (κ1) is 14.3. The highest BCUT2D eigenvalue weighted by Crippen LogP contribution is 2.30. The summed E-state index contributed by atoms with van der Waals surface area (Å²) in [5.41, 5.74) is 6.03. The number of hydrogen-bond donors (Lipinski definition) is 1. The highest BCUT2D eigenvalue weighted by molar-refractivity contribution is 4.85. The Morgan fingerprint density at radius 1 is 1.06 bits per heavy atom. The molecule has 18 heavy (non-hydrogen) atoms. The van der Waals surface area contributed by atoms with E-state index in [0.717, 1.165) is 18.4 Å². The van der Waals surface area contributed by atoms with E-state index in [9.17, 15) is 0 Å². The van der Waals surface area contributed by atoms with E-state index in [-0.39, 0.29) is 0 Å². The summed E-state index contributed by atoms with van der Waals surface area (Å²) in [7, 11) is 0. The van der Waals surface area contributed by atoms with Gasteiger partial charge in [-0.3, -0.25) is 4.90 Å². The van der Waals surface area contributed by atoms with Crippen molar-refractivity contribution in [2.24, 2.45) is 17.6 Å². The van der Waals surface area contributed by atoms with Crippen molar-refractivity contribution < 1.29 is 0 Å². The largest absolute Gasteiger partial charge is 0.329 e. The van der Waals surface area contributed by atoms with Crippen molar-refractivity contribution in [3.8, 4) is 0 Å². The van der Waals surface area contributed by atoms with Crippen LogP contribution < -0.4 is 5.73 Å². The van der Waals surface area contributed by atoms with E-state index >= 15 is 0 Å². The summed E-state index contributed by atoms with van der Waals surface area (Å²) in [6.45, 7) is 11.8. The molecule has 2 fully saturated rings. The van der Waals surface area contributed by atoms with Crippen LogP contribution in [0.2, 0.25) is 0 Å². The minimum Gasteiger partial charge on any atom is -0.329 e. The van der Waals surface area contributed by atoms with Gasteiger partial charge in [0.15, 0.2) is 0 Å². The van der Waals surface area contributed by atoms with Crippen molar-refractivity contribution in [3.05, 3.63) is 0 Å². The van der Waals surface area contributed by atoms with Crippen LogP contribution in [0.15, 0.2) is 0 Å². The van der Waals surface area contributed by atoms with E-state index < -0.39 is 0 Å². The Kier molecular flexibility index (Phi) is 5.46. The molecule has 1 atom stereocenters. The van der Waals surface area contributed by atoms with Crippen LogP contribution in [-0.2, 0) is 0 Å². The van der Waals surface area contributed by atoms with Gasteiger partial charge < -0.3 is 10.6 Å². The molecule has 3 nitrogen and oxygen atoms in total. The topological polar surface area (TPSA) is 32.5 Å². The predicted octanol–water partition coefficient (Wildman–Crippen LogP) is 1.78. The van der Waals surface area contributed by atoms with Gasteiger partial charge in [0.1, 0.15) is 0 Å². The zero-order valence-electron chi connectivity index (χ0n) is 12.3. The quantitative estimate of drug-likeness (QED) is 0.750. The van der Waals surface area contributed by atoms with Crippen molar-refractivity contribution in [2.45, 2.75) is 45.6 Å². The summed E-state index contributed by atoms with van der Waals surface area (Å²) in [6.07, 6.45) is 5.47. The first-order valence-corrected chi connectivity index (χ1v) is 7.94. The first-order valence-electron chi connectivity index (χ1n) is 7.94. The average molecular weight is 253 g/mol. The summed E-state index contributed by atoms with van der Waals surface area (Å²) < 4.78 is 0. The van der Waals surface area contributed by atoms with Crippen LogP contribution in [0.3, 0.4) is 0 Å². The lowest BCUT2D eigenvalue weighted by Gasteiger charge is -2.41. The molecule has 0 spiro atoms. The molecule has 2 rings (SSSR count). The predicted molar refractivity (Wildman–Crippen MR) is 77.7 cm³/mol. The molecule has 1 unspecified atom stereocenters. The number of nitrogens with two attached hydrogens (primary N) is 1. The van der Waals surface area contributed by atoms with Gasteiger partial charge >= 0.3 is 0 Å². The van der Waals surface area contributed by atoms with Gasteiger partial charge in [-0.1, -0.05) is 26.7 Å². The molecule has 3 heteroatoms. The Bertz CT molecular complexity index is 228. The third-order valence-electron chi connectivity index (χ3n) is 4.92. The summed E-state index contributed by atoms with van der Waals surface area (Å²) in [6, 6.07) is 0.614. The third-order valence-corrected chi connectivity index (χ3v) is 4.92. The number of nitrogens with zero attached hydrogens (tertiary/aromatic N) is 2. The van der Waals surface area contributed by atoms with E-state index in [1.54, 1.807) is 0 Å². The highest BCUT2D eigenvalue weighted by Gasteiger charge is 2.30. The average Bonchev–Trinajstić information content (AvgIpc) is 3.21. The zero-order chi connectivity index (χ0) is 13.0. The minimum absolute atomic E-state index is 0.614. The molecule has 1 heterocycles. The van der Waals surface area contributed by atoms with Crippen LogP contribution in [-0.4, -0.2) is 55.1 Å². The lowest BCUT2D eigenvalue weighted by atomic mass is 9.92. The van der Waals surface area contributed by atoms with E-state index in [0.29, 0.717) is 6.04 Å². The Hall–Kier alpha value is -0.120. The molecular weight excluding hydrogens is 222 g/mol. The lowest BCUT2D eigenvalue weighted by molar-refractivity contribution is 0.0682. The molecule has 1 aliphatic heterocycles. The lowest BCUT2D eigenvalue weighted by Crippen LogP contribution is -2.54. The fourth-order valence-electron chi connectivity index (χ4n) is 3.42. The van der Waals surface area contributed by atoms with Crippen LogP contribution >= 0.6 is 0 Å². The fraction of sp³-hybridized carbons (Fsp3) is 1.00. The van der Waals surface area contributed by atoms with Crippen LogP contribution in [0.1, 0.15) is 39.5 Å². The number of rotatable bonds is 7. The molecule has 106 valence electrons. The summed E-state index contributed by atoms with van der Waals surface area (Å²) in [4.78, 5) is 5.32. The minimum atomic E-state index is 0.614. The molecule has 1 aliphatic carbocycles. The van der Waals surface area contributed by atoms with E-state index in [1.165, 1.54) is 58.4 Å². The van der Waals surface area contributed by atoms with E-state index in [2.05, 4.69) is 23.6 Å². The highest BCUT2D eigenvalue weighted by atomic mass is 15.3. The van der Waals surface area contributed by atoms with Crippen LogP contribution in [0.4, 0.5) is 0 Å². The van der Waals surface area contributed by atoms with Gasteiger partial charge in [-0.05, 0) is 24.7 Å². The molecule has 0 amide bonds. The van der Waals surface area contributed by atoms with Gasteiger partial charge in [-0.25, -0.2) is 0 Å². The third kappa shape index (κ3) is 3.69. The Balaban J connectivity index is 1.78. The van der Waals surface area contributed by atoms with Crippen LogP contribution in [0, 0.1) is 11.8 Å². The smallest absolute Gasteiger partial charge is 0.0247 e. The molecule has 0 aromatic carbocycles. The monoisotopic (exact) mass is 253 g/mol. The van der Waals surface area contributed by atoms with Crippen molar-refractivity contribution in [3.63, 3.8) is 0 Å². The Labute approximate surface area is 113 Å². The maximum atomic E-state index is 6.03. The molecule has 0 aromatic rings. The molecule has 2 N–H and O–H groups in total. The Morgan fingerprint density at radius 2 is 1.67 bits per heavy atom. The van der Waals surface area contributed by atoms with Crippen molar-refractivity contribution in [1.82, 2.24) is 9.80 Å². The summed E-state index contributed by atoms with van der Waals surface area (Å²) in [5.74, 6) is 1.81. The second-order valence-electron chi connectivity index (χ2n) is 6.16. The molecule has 0 bridgehead atoms. The van der Waals surface area contributed by atoms with Gasteiger partial charge in [-0.15, -0.1) is 0 Å². The van der Waals surface area contributed by atoms with E-state index in [1.807, 2.05) is 0 Å². The molecule has 2 aliphatic rings. The normalized spacial score (nSPS) is 24.7. The maximum absolute atomic E-state index is 6.03. The van der Waals surface area contributed by atoms with Crippen molar-refractivity contribution in [2.75, 3.05) is 39.3 Å². The van der Waals surface area contributed by atoms with E-state index in [4.69, 9.17) is 5.73 Å². The van der Waals surface area contributed by atoms with Gasteiger partial charge in [0, 0.05) is 45.3 Å². The zero-order valence-corrected chi connectivity index (χ0v) is 12.3. The van der Waals surface area contributed by atoms with Gasteiger partial charge in [0.2, 0.25) is 0 Å². The van der Waals surface area contributed by atoms with Crippen molar-refractivity contribution in [1.29, 1.82) is 0 Å². The maximum Gasteiger partial charge on any atom is 0.0247 e. The molecule has 0 radical (unpaired) electrons. The number of piperazine rings is 1. The standard InChI is InChI=1S/C15H31N3/c1-3-14(4-2)15(11-16)18-9-7-17(8-10-18)12-13-5-6-13/h13-15H,3-12,16H2,1-2H3. The molecular formula is C15H31N3.